The summed E-state index contributed by atoms with van der Waals surface area (Å²) < 4.78 is 4.76. The topological polar surface area (TPSA) is 26.3 Å². The molecule has 0 N–H and O–H groups in total. The molecule has 0 saturated heterocycles. The number of esters is 1. The Morgan fingerprint density at radius 1 is 1.64 bits per heavy atom. The van der Waals surface area contributed by atoms with Crippen molar-refractivity contribution in [2.24, 2.45) is 0 Å². The van der Waals surface area contributed by atoms with Crippen LogP contribution in [0.4, 0.5) is 0 Å². The molecule has 0 unspecified atom stereocenters. The predicted molar refractivity (Wildman–Crippen MR) is 45.7 cm³/mol. The molecule has 0 fully saturated rings. The van der Waals surface area contributed by atoms with Crippen molar-refractivity contribution in [1.82, 2.24) is 0 Å². The minimum Gasteiger partial charge on any atom is -0.465 e. The van der Waals surface area contributed by atoms with E-state index in [0.717, 1.165) is 0 Å². The molecule has 0 aliphatic heterocycles. The first-order valence-electron chi connectivity index (χ1n) is 3.42. The Balaban J connectivity index is 3.17. The number of unbranched alkanes of at least 4 members (excludes halogenated alkanes) is 1. The number of halogens is 1. The number of alkyl halides is 1. The lowest BCUT2D eigenvalue weighted by atomic mass is 10.2. The highest BCUT2D eigenvalue weighted by molar-refractivity contribution is 9.09. The molecule has 61 valence electrons. The minimum atomic E-state index is -0.195. The lowest BCUT2D eigenvalue weighted by Crippen LogP contribution is -2.05. The molecule has 0 saturated carbocycles. The minimum absolute atomic E-state index is 0.195. The molecule has 0 heterocycles. The zero-order valence-corrected chi connectivity index (χ0v) is 7.82. The number of hydrogen-bond donors (Lipinski definition) is 0. The normalized spacial score (nSPS) is 8.73. The van der Waals surface area contributed by atoms with E-state index in [0.29, 0.717) is 31.2 Å². The van der Waals surface area contributed by atoms with Crippen molar-refractivity contribution in [3.8, 4) is 5.92 Å². The van der Waals surface area contributed by atoms with E-state index in [1.165, 1.54) is 0 Å². The van der Waals surface area contributed by atoms with Crippen LogP contribution < -0.4 is 0 Å². The highest BCUT2D eigenvalue weighted by Gasteiger charge is 1.99. The molecule has 0 aromatic heterocycles. The molecular formula is C8H10BrO2. The summed E-state index contributed by atoms with van der Waals surface area (Å²) in [5, 5.41) is 0.676. The number of carbonyl (C=O) groups is 1. The van der Waals surface area contributed by atoms with Gasteiger partial charge in [-0.15, -0.1) is 0 Å². The second-order valence-electron chi connectivity index (χ2n) is 1.94. The standard InChI is InChI=1S/C8H10BrO2/c1-2-3-4-5-8(10)11-7-6-9/h3-7H2. The van der Waals surface area contributed by atoms with Gasteiger partial charge in [0.2, 0.25) is 0 Å². The molecule has 0 amide bonds. The molecule has 0 bridgehead atoms. The van der Waals surface area contributed by atoms with Crippen LogP contribution in [0.2, 0.25) is 0 Å². The van der Waals surface area contributed by atoms with Gasteiger partial charge in [0.15, 0.2) is 0 Å². The maximum absolute atomic E-state index is 10.7. The van der Waals surface area contributed by atoms with Crippen LogP contribution in [0.1, 0.15) is 19.3 Å². The predicted octanol–water partition coefficient (Wildman–Crippen LogP) is 1.68. The lowest BCUT2D eigenvalue weighted by Gasteiger charge is -1.99. The van der Waals surface area contributed by atoms with Crippen LogP contribution in [-0.4, -0.2) is 17.9 Å². The van der Waals surface area contributed by atoms with Gasteiger partial charge >= 0.3 is 5.97 Å². The molecule has 0 aliphatic rings. The number of rotatable bonds is 5. The average Bonchev–Trinajstić information content (AvgIpc) is 2.01. The van der Waals surface area contributed by atoms with Gasteiger partial charge in [-0.1, -0.05) is 21.9 Å². The van der Waals surface area contributed by atoms with Crippen LogP contribution in [0.3, 0.4) is 0 Å². The van der Waals surface area contributed by atoms with Crippen LogP contribution in [0, 0.1) is 12.3 Å². The van der Waals surface area contributed by atoms with Crippen molar-refractivity contribution in [3.05, 3.63) is 6.42 Å². The highest BCUT2D eigenvalue weighted by Crippen LogP contribution is 1.96. The zero-order chi connectivity index (χ0) is 8.53. The van der Waals surface area contributed by atoms with E-state index in [1.54, 1.807) is 0 Å². The Bertz CT molecular complexity index is 149. The van der Waals surface area contributed by atoms with Crippen molar-refractivity contribution in [3.63, 3.8) is 0 Å². The monoisotopic (exact) mass is 217 g/mol. The van der Waals surface area contributed by atoms with Crippen LogP contribution >= 0.6 is 15.9 Å². The summed E-state index contributed by atoms with van der Waals surface area (Å²) >= 11 is 3.14. The third-order valence-corrected chi connectivity index (χ3v) is 1.35. The molecular weight excluding hydrogens is 208 g/mol. The van der Waals surface area contributed by atoms with Crippen molar-refractivity contribution in [2.75, 3.05) is 11.9 Å². The van der Waals surface area contributed by atoms with Gasteiger partial charge < -0.3 is 4.74 Å². The molecule has 0 atom stereocenters. The van der Waals surface area contributed by atoms with Gasteiger partial charge in [0.25, 0.3) is 0 Å². The van der Waals surface area contributed by atoms with Gasteiger partial charge in [-0.2, -0.15) is 0 Å². The summed E-state index contributed by atoms with van der Waals surface area (Å²) in [6.45, 7) is 0.424. The first kappa shape index (κ1) is 10.5. The maximum atomic E-state index is 10.7. The summed E-state index contributed by atoms with van der Waals surface area (Å²) in [5.41, 5.74) is 0. The first-order valence-corrected chi connectivity index (χ1v) is 4.54. The van der Waals surface area contributed by atoms with Crippen molar-refractivity contribution < 1.29 is 9.53 Å². The van der Waals surface area contributed by atoms with Gasteiger partial charge in [-0.05, 0) is 12.8 Å². The summed E-state index contributed by atoms with van der Waals surface area (Å²) in [6, 6.07) is 0. The van der Waals surface area contributed by atoms with Gasteiger partial charge in [-0.3, -0.25) is 4.79 Å². The Hall–Kier alpha value is -0.490. The summed E-state index contributed by atoms with van der Waals surface area (Å²) in [5.74, 6) is 2.02. The molecule has 0 spiro atoms. The van der Waals surface area contributed by atoms with E-state index in [4.69, 9.17) is 11.2 Å². The second kappa shape index (κ2) is 7.62. The van der Waals surface area contributed by atoms with Crippen molar-refractivity contribution in [1.29, 1.82) is 0 Å². The second-order valence-corrected chi connectivity index (χ2v) is 2.73. The largest absolute Gasteiger partial charge is 0.465 e. The number of carbonyl (C=O) groups excluding carboxylic acids is 1. The number of hydrogen-bond acceptors (Lipinski definition) is 2. The number of ether oxygens (including phenoxy) is 1. The van der Waals surface area contributed by atoms with E-state index >= 15 is 0 Å². The zero-order valence-electron chi connectivity index (χ0n) is 6.23. The van der Waals surface area contributed by atoms with Gasteiger partial charge in [0.1, 0.15) is 6.61 Å². The Labute approximate surface area is 75.4 Å². The van der Waals surface area contributed by atoms with E-state index in [1.807, 2.05) is 0 Å². The quantitative estimate of drug-likeness (QED) is 0.303. The third-order valence-electron chi connectivity index (χ3n) is 1.02. The van der Waals surface area contributed by atoms with Crippen LogP contribution in [-0.2, 0) is 9.53 Å². The summed E-state index contributed by atoms with van der Waals surface area (Å²) in [4.78, 5) is 10.7. The summed E-state index contributed by atoms with van der Waals surface area (Å²) in [7, 11) is 0. The third kappa shape index (κ3) is 7.41. The Morgan fingerprint density at radius 2 is 2.36 bits per heavy atom. The Morgan fingerprint density at radius 3 is 2.91 bits per heavy atom. The molecule has 1 radical (unpaired) electrons. The average molecular weight is 218 g/mol. The highest BCUT2D eigenvalue weighted by atomic mass is 79.9. The maximum Gasteiger partial charge on any atom is 0.305 e. The van der Waals surface area contributed by atoms with E-state index in [2.05, 4.69) is 21.9 Å². The molecule has 2 nitrogen and oxygen atoms in total. The SMILES string of the molecule is [C]#CCCCC(=O)OCCBr. The van der Waals surface area contributed by atoms with Gasteiger partial charge in [0, 0.05) is 18.2 Å². The molecule has 0 rings (SSSR count). The van der Waals surface area contributed by atoms with Gasteiger partial charge in [0.05, 0.1) is 0 Å². The van der Waals surface area contributed by atoms with Crippen LogP contribution in [0.25, 0.3) is 0 Å². The smallest absolute Gasteiger partial charge is 0.305 e. The van der Waals surface area contributed by atoms with Crippen LogP contribution in [0.15, 0.2) is 0 Å². The van der Waals surface area contributed by atoms with E-state index in [9.17, 15) is 4.79 Å². The summed E-state index contributed by atoms with van der Waals surface area (Å²) in [6.07, 6.45) is 8.15. The van der Waals surface area contributed by atoms with Gasteiger partial charge in [-0.25, -0.2) is 0 Å². The van der Waals surface area contributed by atoms with Crippen molar-refractivity contribution >= 4 is 21.9 Å². The first-order chi connectivity index (χ1) is 5.31. The molecule has 0 aliphatic carbocycles. The fraction of sp³-hybridized carbons (Fsp3) is 0.625. The lowest BCUT2D eigenvalue weighted by molar-refractivity contribution is -0.143. The van der Waals surface area contributed by atoms with E-state index in [-0.39, 0.29) is 5.97 Å². The van der Waals surface area contributed by atoms with E-state index < -0.39 is 0 Å². The molecule has 0 aromatic carbocycles. The fourth-order valence-electron chi connectivity index (χ4n) is 0.546. The molecule has 3 heteroatoms. The molecule has 0 aromatic rings. The fourth-order valence-corrected chi connectivity index (χ4v) is 0.708. The van der Waals surface area contributed by atoms with Crippen molar-refractivity contribution in [2.45, 2.75) is 19.3 Å². The van der Waals surface area contributed by atoms with Crippen LogP contribution in [0.5, 0.6) is 0 Å². The molecule has 11 heavy (non-hydrogen) atoms. The Kier molecular flexibility index (Phi) is 7.28.